The van der Waals surface area contributed by atoms with Crippen molar-refractivity contribution in [3.8, 4) is 5.75 Å². The van der Waals surface area contributed by atoms with Gasteiger partial charge in [0.25, 0.3) is 0 Å². The van der Waals surface area contributed by atoms with Crippen molar-refractivity contribution in [2.75, 3.05) is 5.32 Å². The lowest BCUT2D eigenvalue weighted by Gasteiger charge is -2.19. The Morgan fingerprint density at radius 1 is 1.25 bits per heavy atom. The second-order valence-corrected chi connectivity index (χ2v) is 5.64. The Labute approximate surface area is 126 Å². The number of phenols is 1. The molecule has 2 aromatic rings. The van der Waals surface area contributed by atoms with E-state index in [4.69, 9.17) is 0 Å². The van der Waals surface area contributed by atoms with E-state index < -0.39 is 0 Å². The van der Waals surface area contributed by atoms with E-state index in [2.05, 4.69) is 34.2 Å². The summed E-state index contributed by atoms with van der Waals surface area (Å²) in [6.07, 6.45) is 0.892. The summed E-state index contributed by atoms with van der Waals surface area (Å²) in [7, 11) is 0. The largest absolute Gasteiger partial charge is 0.508 e. The van der Waals surface area contributed by atoms with Crippen LogP contribution in [0.3, 0.4) is 0 Å². The van der Waals surface area contributed by atoms with Crippen LogP contribution in [0, 0.1) is 5.82 Å². The molecule has 0 aromatic heterocycles. The van der Waals surface area contributed by atoms with E-state index in [1.54, 1.807) is 0 Å². The smallest absolute Gasteiger partial charge is 0.123 e. The van der Waals surface area contributed by atoms with Crippen LogP contribution in [-0.4, -0.2) is 5.11 Å². The number of aryl methyl sites for hydroxylation is 1. The van der Waals surface area contributed by atoms with Gasteiger partial charge in [0.2, 0.25) is 0 Å². The van der Waals surface area contributed by atoms with Crippen molar-refractivity contribution in [1.29, 1.82) is 0 Å². The summed E-state index contributed by atoms with van der Waals surface area (Å²) in [6.45, 7) is 3.98. The van der Waals surface area contributed by atoms with E-state index in [-0.39, 0.29) is 17.6 Å². The zero-order valence-corrected chi connectivity index (χ0v) is 13.0. The molecule has 0 saturated carbocycles. The lowest BCUT2D eigenvalue weighted by Crippen LogP contribution is -2.09. The molecule has 0 fully saturated rings. The van der Waals surface area contributed by atoms with Crippen LogP contribution in [0.4, 0.5) is 10.1 Å². The number of nitrogens with one attached hydrogen (secondary N) is 1. The maximum absolute atomic E-state index is 13.3. The minimum Gasteiger partial charge on any atom is -0.508 e. The van der Waals surface area contributed by atoms with Crippen LogP contribution in [0.5, 0.6) is 5.75 Å². The van der Waals surface area contributed by atoms with Crippen molar-refractivity contribution in [2.24, 2.45) is 0 Å². The number of hydrogen-bond acceptors (Lipinski definition) is 2. The molecular weight excluding hydrogens is 321 g/mol. The molecule has 1 unspecified atom stereocenters. The van der Waals surface area contributed by atoms with Crippen LogP contribution in [0.25, 0.3) is 0 Å². The first kappa shape index (κ1) is 14.9. The maximum atomic E-state index is 13.3. The average molecular weight is 338 g/mol. The van der Waals surface area contributed by atoms with Gasteiger partial charge in [-0.15, -0.1) is 0 Å². The van der Waals surface area contributed by atoms with Crippen molar-refractivity contribution in [1.82, 2.24) is 0 Å². The molecule has 2 rings (SSSR count). The number of benzene rings is 2. The molecule has 2 nitrogen and oxygen atoms in total. The molecule has 0 saturated heterocycles. The number of rotatable bonds is 4. The Kier molecular flexibility index (Phi) is 4.65. The third-order valence-corrected chi connectivity index (χ3v) is 3.77. The van der Waals surface area contributed by atoms with Gasteiger partial charge in [0, 0.05) is 15.7 Å². The van der Waals surface area contributed by atoms with Gasteiger partial charge in [-0.25, -0.2) is 4.39 Å². The summed E-state index contributed by atoms with van der Waals surface area (Å²) in [6, 6.07) is 9.80. The monoisotopic (exact) mass is 337 g/mol. The van der Waals surface area contributed by atoms with Crippen molar-refractivity contribution in [3.63, 3.8) is 0 Å². The lowest BCUT2D eigenvalue weighted by molar-refractivity contribution is 0.462. The third kappa shape index (κ3) is 3.31. The summed E-state index contributed by atoms with van der Waals surface area (Å²) in [5, 5.41) is 13.2. The average Bonchev–Trinajstić information content (AvgIpc) is 2.43. The molecule has 0 spiro atoms. The zero-order chi connectivity index (χ0) is 14.7. The van der Waals surface area contributed by atoms with Gasteiger partial charge < -0.3 is 10.4 Å². The van der Waals surface area contributed by atoms with Gasteiger partial charge in [-0.1, -0.05) is 22.9 Å². The first-order valence-electron chi connectivity index (χ1n) is 6.54. The molecule has 20 heavy (non-hydrogen) atoms. The highest BCUT2D eigenvalue weighted by molar-refractivity contribution is 9.10. The first-order chi connectivity index (χ1) is 9.51. The van der Waals surface area contributed by atoms with E-state index in [1.807, 2.05) is 19.1 Å². The summed E-state index contributed by atoms with van der Waals surface area (Å²) >= 11 is 3.45. The van der Waals surface area contributed by atoms with Gasteiger partial charge in [-0.3, -0.25) is 0 Å². The van der Waals surface area contributed by atoms with Crippen LogP contribution in [-0.2, 0) is 6.42 Å². The molecule has 4 heteroatoms. The molecule has 0 bridgehead atoms. The van der Waals surface area contributed by atoms with Gasteiger partial charge in [-0.2, -0.15) is 0 Å². The van der Waals surface area contributed by atoms with Gasteiger partial charge in [-0.05, 0) is 55.3 Å². The Morgan fingerprint density at radius 3 is 2.70 bits per heavy atom. The fourth-order valence-corrected chi connectivity index (χ4v) is 2.59. The van der Waals surface area contributed by atoms with Crippen LogP contribution in [0.1, 0.15) is 31.0 Å². The van der Waals surface area contributed by atoms with Crippen molar-refractivity contribution in [3.05, 3.63) is 57.8 Å². The van der Waals surface area contributed by atoms with Crippen LogP contribution in [0.15, 0.2) is 40.9 Å². The molecule has 2 aromatic carbocycles. The highest BCUT2D eigenvalue weighted by atomic mass is 79.9. The number of hydrogen-bond donors (Lipinski definition) is 2. The van der Waals surface area contributed by atoms with E-state index in [0.29, 0.717) is 5.56 Å². The maximum Gasteiger partial charge on any atom is 0.123 e. The number of halogens is 2. The predicted octanol–water partition coefficient (Wildman–Crippen LogP) is 5.03. The molecule has 106 valence electrons. The molecule has 0 radical (unpaired) electrons. The summed E-state index contributed by atoms with van der Waals surface area (Å²) in [5.41, 5.74) is 2.71. The highest BCUT2D eigenvalue weighted by Crippen LogP contribution is 2.30. The van der Waals surface area contributed by atoms with E-state index in [1.165, 1.54) is 23.8 Å². The number of aromatic hydroxyl groups is 1. The Morgan fingerprint density at radius 2 is 2.00 bits per heavy atom. The Bertz CT molecular complexity index is 615. The molecule has 1 atom stereocenters. The van der Waals surface area contributed by atoms with Gasteiger partial charge in [0.15, 0.2) is 0 Å². The van der Waals surface area contributed by atoms with E-state index >= 15 is 0 Å². The minimum atomic E-state index is -0.349. The van der Waals surface area contributed by atoms with Crippen LogP contribution in [0.2, 0.25) is 0 Å². The van der Waals surface area contributed by atoms with Crippen LogP contribution >= 0.6 is 15.9 Å². The number of phenolic OH excluding ortho intramolecular Hbond substituents is 1. The van der Waals surface area contributed by atoms with E-state index in [9.17, 15) is 9.50 Å². The van der Waals surface area contributed by atoms with Crippen molar-refractivity contribution < 1.29 is 9.50 Å². The fraction of sp³-hybridized carbons (Fsp3) is 0.250. The lowest BCUT2D eigenvalue weighted by atomic mass is 10.0. The molecular formula is C16H17BrFNO. The SMILES string of the molecule is CCc1cc(Br)ccc1NC(C)c1cc(F)ccc1O. The number of anilines is 1. The van der Waals surface area contributed by atoms with Crippen molar-refractivity contribution in [2.45, 2.75) is 26.3 Å². The predicted molar refractivity (Wildman–Crippen MR) is 83.6 cm³/mol. The highest BCUT2D eigenvalue weighted by Gasteiger charge is 2.13. The van der Waals surface area contributed by atoms with E-state index in [0.717, 1.165) is 16.6 Å². The molecule has 2 N–H and O–H groups in total. The van der Waals surface area contributed by atoms with Crippen molar-refractivity contribution >= 4 is 21.6 Å². The normalized spacial score (nSPS) is 12.2. The first-order valence-corrected chi connectivity index (χ1v) is 7.34. The molecule has 0 heterocycles. The minimum absolute atomic E-state index is 0.0987. The summed E-state index contributed by atoms with van der Waals surface area (Å²) in [5.74, 6) is -0.250. The quantitative estimate of drug-likeness (QED) is 0.820. The second-order valence-electron chi connectivity index (χ2n) is 4.72. The molecule has 0 aliphatic heterocycles. The third-order valence-electron chi connectivity index (χ3n) is 3.28. The second kappa shape index (κ2) is 6.27. The Balaban J connectivity index is 2.27. The molecule has 0 amide bonds. The Hall–Kier alpha value is -1.55. The zero-order valence-electron chi connectivity index (χ0n) is 11.5. The van der Waals surface area contributed by atoms with Gasteiger partial charge in [0.05, 0.1) is 6.04 Å². The molecule has 0 aliphatic carbocycles. The molecule has 0 aliphatic rings. The van der Waals surface area contributed by atoms with Gasteiger partial charge in [0.1, 0.15) is 11.6 Å². The summed E-state index contributed by atoms with van der Waals surface area (Å²) in [4.78, 5) is 0. The fourth-order valence-electron chi connectivity index (χ4n) is 2.18. The topological polar surface area (TPSA) is 32.3 Å². The summed E-state index contributed by atoms with van der Waals surface area (Å²) < 4.78 is 14.3. The van der Waals surface area contributed by atoms with Crippen LogP contribution < -0.4 is 5.32 Å². The standard InChI is InChI=1S/C16H17BrFNO/c1-3-11-8-12(17)4-6-15(11)19-10(2)14-9-13(18)5-7-16(14)20/h4-10,19-20H,3H2,1-2H3. The van der Waals surface area contributed by atoms with Gasteiger partial charge >= 0.3 is 0 Å².